The maximum Gasteiger partial charge on any atom is 0.254 e. The van der Waals surface area contributed by atoms with Crippen LogP contribution in [0.15, 0.2) is 18.2 Å². The Balaban J connectivity index is 2.13. The highest BCUT2D eigenvalue weighted by atomic mass is 127. The quantitative estimate of drug-likeness (QED) is 0.798. The number of rotatable bonds is 1. The Morgan fingerprint density at radius 3 is 2.62 bits per heavy atom. The molecule has 1 aliphatic heterocycles. The van der Waals surface area contributed by atoms with E-state index in [1.165, 1.54) is 0 Å². The number of nitrogens with zero attached hydrogens (tertiary/aromatic N) is 1. The second-order valence-electron chi connectivity index (χ2n) is 4.62. The van der Waals surface area contributed by atoms with Crippen molar-refractivity contribution in [1.29, 1.82) is 0 Å². The number of carbonyl (C=O) groups is 1. The Labute approximate surface area is 109 Å². The zero-order chi connectivity index (χ0) is 11.9. The van der Waals surface area contributed by atoms with Crippen LogP contribution in [0.4, 0.5) is 0 Å². The van der Waals surface area contributed by atoms with E-state index in [1.807, 2.05) is 25.1 Å². The Hall–Kier alpha value is -0.620. The minimum atomic E-state index is -0.700. The third-order valence-electron chi connectivity index (χ3n) is 2.76. The highest BCUT2D eigenvalue weighted by molar-refractivity contribution is 14.1. The van der Waals surface area contributed by atoms with Crippen molar-refractivity contribution in [2.24, 2.45) is 0 Å². The summed E-state index contributed by atoms with van der Waals surface area (Å²) >= 11 is 2.25. The molecule has 2 rings (SSSR count). The topological polar surface area (TPSA) is 40.5 Å². The largest absolute Gasteiger partial charge is 0.386 e. The summed E-state index contributed by atoms with van der Waals surface area (Å²) in [6, 6.07) is 5.68. The number of hydrogen-bond donors (Lipinski definition) is 1. The highest BCUT2D eigenvalue weighted by Gasteiger charge is 2.39. The normalized spacial score (nSPS) is 18.1. The molecular formula is C12H14INO2. The predicted octanol–water partition coefficient (Wildman–Crippen LogP) is 1.81. The molecule has 1 fully saturated rings. The van der Waals surface area contributed by atoms with E-state index in [-0.39, 0.29) is 5.91 Å². The predicted molar refractivity (Wildman–Crippen MR) is 70.4 cm³/mol. The summed E-state index contributed by atoms with van der Waals surface area (Å²) in [6.45, 7) is 4.59. The number of halogens is 1. The number of likely N-dealkylation sites (tertiary alicyclic amines) is 1. The van der Waals surface area contributed by atoms with Crippen molar-refractivity contribution in [3.05, 3.63) is 32.9 Å². The molecular weight excluding hydrogens is 317 g/mol. The molecule has 0 aromatic heterocycles. The molecule has 0 atom stereocenters. The molecule has 16 heavy (non-hydrogen) atoms. The van der Waals surface area contributed by atoms with Gasteiger partial charge in [-0.3, -0.25) is 4.79 Å². The molecule has 0 radical (unpaired) electrons. The number of amides is 1. The second-order valence-corrected chi connectivity index (χ2v) is 5.78. The summed E-state index contributed by atoms with van der Waals surface area (Å²) in [5, 5.41) is 9.58. The van der Waals surface area contributed by atoms with Gasteiger partial charge in [-0.25, -0.2) is 0 Å². The molecule has 1 aromatic carbocycles. The fraction of sp³-hybridized carbons (Fsp3) is 0.417. The van der Waals surface area contributed by atoms with Crippen LogP contribution < -0.4 is 0 Å². The summed E-state index contributed by atoms with van der Waals surface area (Å²) in [7, 11) is 0. The first-order valence-electron chi connectivity index (χ1n) is 5.17. The van der Waals surface area contributed by atoms with Crippen molar-refractivity contribution in [3.63, 3.8) is 0 Å². The maximum absolute atomic E-state index is 12.0. The van der Waals surface area contributed by atoms with Gasteiger partial charge in [0.2, 0.25) is 0 Å². The van der Waals surface area contributed by atoms with Crippen LogP contribution in [-0.2, 0) is 0 Å². The van der Waals surface area contributed by atoms with Crippen LogP contribution in [-0.4, -0.2) is 34.6 Å². The zero-order valence-electron chi connectivity index (χ0n) is 9.33. The molecule has 1 saturated heterocycles. The van der Waals surface area contributed by atoms with Gasteiger partial charge in [0.1, 0.15) is 0 Å². The SMILES string of the molecule is Cc1cc(C(=O)N2CC(C)(O)C2)ccc1I. The highest BCUT2D eigenvalue weighted by Crippen LogP contribution is 2.23. The smallest absolute Gasteiger partial charge is 0.254 e. The molecule has 0 spiro atoms. The molecule has 1 heterocycles. The van der Waals surface area contributed by atoms with E-state index in [0.29, 0.717) is 18.7 Å². The van der Waals surface area contributed by atoms with Crippen LogP contribution in [0.1, 0.15) is 22.8 Å². The van der Waals surface area contributed by atoms with E-state index in [2.05, 4.69) is 22.6 Å². The van der Waals surface area contributed by atoms with Gasteiger partial charge in [0.25, 0.3) is 5.91 Å². The fourth-order valence-electron chi connectivity index (χ4n) is 1.88. The molecule has 0 saturated carbocycles. The van der Waals surface area contributed by atoms with E-state index in [4.69, 9.17) is 0 Å². The van der Waals surface area contributed by atoms with Crippen LogP contribution in [0.5, 0.6) is 0 Å². The van der Waals surface area contributed by atoms with Gasteiger partial charge in [0.05, 0.1) is 18.7 Å². The van der Waals surface area contributed by atoms with Gasteiger partial charge < -0.3 is 10.0 Å². The molecule has 1 aliphatic rings. The van der Waals surface area contributed by atoms with Crippen molar-refractivity contribution in [2.45, 2.75) is 19.4 Å². The lowest BCUT2D eigenvalue weighted by atomic mass is 9.95. The number of aryl methyl sites for hydroxylation is 1. The van der Waals surface area contributed by atoms with Gasteiger partial charge in [-0.05, 0) is 60.2 Å². The molecule has 4 heteroatoms. The van der Waals surface area contributed by atoms with Crippen LogP contribution in [0.25, 0.3) is 0 Å². The second kappa shape index (κ2) is 4.00. The average Bonchev–Trinajstić information content (AvgIpc) is 2.17. The monoisotopic (exact) mass is 331 g/mol. The molecule has 1 N–H and O–H groups in total. The third-order valence-corrected chi connectivity index (χ3v) is 3.97. The van der Waals surface area contributed by atoms with Crippen molar-refractivity contribution >= 4 is 28.5 Å². The lowest BCUT2D eigenvalue weighted by Gasteiger charge is -2.44. The molecule has 3 nitrogen and oxygen atoms in total. The van der Waals surface area contributed by atoms with E-state index in [1.54, 1.807) is 11.8 Å². The summed E-state index contributed by atoms with van der Waals surface area (Å²) < 4.78 is 1.16. The molecule has 1 aromatic rings. The minimum Gasteiger partial charge on any atom is -0.386 e. The lowest BCUT2D eigenvalue weighted by molar-refractivity contribution is -0.0668. The number of hydrogen-bond acceptors (Lipinski definition) is 2. The maximum atomic E-state index is 12.0. The Bertz CT molecular complexity index is 435. The summed E-state index contributed by atoms with van der Waals surface area (Å²) in [5.74, 6) is 0.00558. The average molecular weight is 331 g/mol. The first-order chi connectivity index (χ1) is 7.39. The van der Waals surface area contributed by atoms with Crippen LogP contribution in [0.3, 0.4) is 0 Å². The number of aliphatic hydroxyl groups is 1. The Kier molecular flexibility index (Phi) is 2.96. The van der Waals surface area contributed by atoms with Crippen molar-refractivity contribution in [2.75, 3.05) is 13.1 Å². The third kappa shape index (κ3) is 2.22. The van der Waals surface area contributed by atoms with Gasteiger partial charge in [0.15, 0.2) is 0 Å². The van der Waals surface area contributed by atoms with Gasteiger partial charge in [-0.1, -0.05) is 0 Å². The lowest BCUT2D eigenvalue weighted by Crippen LogP contribution is -2.61. The van der Waals surface area contributed by atoms with Crippen molar-refractivity contribution in [3.8, 4) is 0 Å². The molecule has 86 valence electrons. The zero-order valence-corrected chi connectivity index (χ0v) is 11.5. The standard InChI is InChI=1S/C12H14INO2/c1-8-5-9(3-4-10(8)13)11(15)14-6-12(2,16)7-14/h3-5,16H,6-7H2,1-2H3. The van der Waals surface area contributed by atoms with Crippen molar-refractivity contribution in [1.82, 2.24) is 4.90 Å². The number of β-amino-alcohol motifs (C(OH)–C–C–N with tert-alkyl or cyclic N) is 1. The molecule has 0 aliphatic carbocycles. The summed E-state index contributed by atoms with van der Waals surface area (Å²) in [5.41, 5.74) is 1.11. The van der Waals surface area contributed by atoms with Gasteiger partial charge >= 0.3 is 0 Å². The van der Waals surface area contributed by atoms with E-state index in [0.717, 1.165) is 9.13 Å². The number of carbonyl (C=O) groups excluding carboxylic acids is 1. The molecule has 0 unspecified atom stereocenters. The molecule has 1 amide bonds. The molecule has 0 bridgehead atoms. The van der Waals surface area contributed by atoms with Gasteiger partial charge in [0, 0.05) is 9.13 Å². The summed E-state index contributed by atoms with van der Waals surface area (Å²) in [6.07, 6.45) is 0. The summed E-state index contributed by atoms with van der Waals surface area (Å²) in [4.78, 5) is 13.7. The first-order valence-corrected chi connectivity index (χ1v) is 6.25. The Morgan fingerprint density at radius 1 is 1.50 bits per heavy atom. The van der Waals surface area contributed by atoms with E-state index >= 15 is 0 Å². The van der Waals surface area contributed by atoms with Crippen molar-refractivity contribution < 1.29 is 9.90 Å². The van der Waals surface area contributed by atoms with Crippen LogP contribution >= 0.6 is 22.6 Å². The van der Waals surface area contributed by atoms with Crippen LogP contribution in [0.2, 0.25) is 0 Å². The first kappa shape index (κ1) is 11.9. The van der Waals surface area contributed by atoms with E-state index in [9.17, 15) is 9.90 Å². The van der Waals surface area contributed by atoms with Gasteiger partial charge in [-0.2, -0.15) is 0 Å². The minimum absolute atomic E-state index is 0.00558. The van der Waals surface area contributed by atoms with Gasteiger partial charge in [-0.15, -0.1) is 0 Å². The van der Waals surface area contributed by atoms with E-state index < -0.39 is 5.60 Å². The number of benzene rings is 1. The fourth-order valence-corrected chi connectivity index (χ4v) is 2.22. The Morgan fingerprint density at radius 2 is 2.12 bits per heavy atom. The van der Waals surface area contributed by atoms with Crippen LogP contribution in [0, 0.1) is 10.5 Å².